The number of fused-ring (bicyclic) bond motifs is 1. The number of hydrogen-bond donors (Lipinski definition) is 1. The molecule has 0 fully saturated rings. The van der Waals surface area contributed by atoms with Crippen molar-refractivity contribution >= 4 is 49.0 Å². The van der Waals surface area contributed by atoms with Crippen LogP contribution in [0.2, 0.25) is 0 Å². The van der Waals surface area contributed by atoms with Crippen molar-refractivity contribution in [3.8, 4) is 5.75 Å². The third-order valence-electron chi connectivity index (χ3n) is 1.83. The molecule has 0 saturated carbocycles. The van der Waals surface area contributed by atoms with E-state index in [9.17, 15) is 5.11 Å². The molecular weight excluding hydrogens is 272 g/mol. The van der Waals surface area contributed by atoms with Crippen molar-refractivity contribution in [1.82, 2.24) is 0 Å². The van der Waals surface area contributed by atoms with E-state index in [1.807, 2.05) is 12.1 Å². The van der Waals surface area contributed by atoms with E-state index in [0.29, 0.717) is 5.88 Å². The number of hydrogen-bond acceptors (Lipinski definition) is 2. The van der Waals surface area contributed by atoms with Gasteiger partial charge in [-0.05, 0) is 39.5 Å². The molecule has 13 heavy (non-hydrogen) atoms. The fraction of sp³-hybridized carbons (Fsp3) is 0.111. The second-order valence-corrected chi connectivity index (χ2v) is 5.43. The topological polar surface area (TPSA) is 20.2 Å². The highest BCUT2D eigenvalue weighted by atomic mass is 79.9. The molecule has 0 spiro atoms. The Morgan fingerprint density at radius 3 is 2.85 bits per heavy atom. The van der Waals surface area contributed by atoms with Gasteiger partial charge < -0.3 is 5.11 Å². The molecule has 1 aromatic carbocycles. The minimum absolute atomic E-state index is 0.275. The summed E-state index contributed by atoms with van der Waals surface area (Å²) in [6.45, 7) is 0. The molecule has 0 aliphatic rings. The maximum atomic E-state index is 9.52. The second kappa shape index (κ2) is 3.48. The maximum Gasteiger partial charge on any atom is 0.121 e. The molecule has 2 aromatic rings. The van der Waals surface area contributed by atoms with E-state index < -0.39 is 0 Å². The van der Waals surface area contributed by atoms with Crippen LogP contribution in [-0.4, -0.2) is 5.11 Å². The number of alkyl halides is 1. The molecule has 0 aliphatic carbocycles. The van der Waals surface area contributed by atoms with E-state index in [-0.39, 0.29) is 5.75 Å². The first-order valence-corrected chi connectivity index (χ1v) is 5.82. The van der Waals surface area contributed by atoms with Crippen LogP contribution in [0.3, 0.4) is 0 Å². The van der Waals surface area contributed by atoms with Gasteiger partial charge in [0.15, 0.2) is 0 Å². The minimum Gasteiger partial charge on any atom is -0.508 e. The monoisotopic (exact) mass is 276 g/mol. The molecule has 0 aliphatic heterocycles. The summed E-state index contributed by atoms with van der Waals surface area (Å²) in [5.41, 5.74) is 0.777. The van der Waals surface area contributed by atoms with Crippen LogP contribution in [0, 0.1) is 0 Å². The molecule has 0 amide bonds. The Morgan fingerprint density at radius 2 is 2.15 bits per heavy atom. The van der Waals surface area contributed by atoms with Gasteiger partial charge >= 0.3 is 0 Å². The van der Waals surface area contributed by atoms with Crippen LogP contribution in [0.1, 0.15) is 5.56 Å². The molecule has 4 heteroatoms. The van der Waals surface area contributed by atoms with Gasteiger partial charge in [-0.25, -0.2) is 0 Å². The highest BCUT2D eigenvalue weighted by Crippen LogP contribution is 2.34. The van der Waals surface area contributed by atoms with Crippen molar-refractivity contribution < 1.29 is 5.11 Å². The average molecular weight is 278 g/mol. The zero-order chi connectivity index (χ0) is 9.42. The van der Waals surface area contributed by atoms with Gasteiger partial charge in [0.2, 0.25) is 0 Å². The maximum absolute atomic E-state index is 9.52. The van der Waals surface area contributed by atoms with E-state index in [0.717, 1.165) is 19.4 Å². The van der Waals surface area contributed by atoms with Crippen LogP contribution in [0.25, 0.3) is 10.1 Å². The lowest BCUT2D eigenvalue weighted by atomic mass is 10.2. The SMILES string of the molecule is Oc1cc2sc(Br)cc2cc1CCl. The Kier molecular flexibility index (Phi) is 2.49. The third-order valence-corrected chi connectivity index (χ3v) is 3.72. The van der Waals surface area contributed by atoms with E-state index in [4.69, 9.17) is 11.6 Å². The fourth-order valence-electron chi connectivity index (χ4n) is 1.20. The van der Waals surface area contributed by atoms with Crippen LogP contribution in [0.4, 0.5) is 0 Å². The Morgan fingerprint density at radius 1 is 1.38 bits per heavy atom. The Balaban J connectivity index is 2.72. The summed E-state index contributed by atoms with van der Waals surface area (Å²) in [4.78, 5) is 0. The zero-order valence-corrected chi connectivity index (χ0v) is 9.71. The molecule has 1 nitrogen and oxygen atoms in total. The van der Waals surface area contributed by atoms with Crippen molar-refractivity contribution in [1.29, 1.82) is 0 Å². The number of aromatic hydroxyl groups is 1. The summed E-state index contributed by atoms with van der Waals surface area (Å²) in [6.07, 6.45) is 0. The van der Waals surface area contributed by atoms with Crippen LogP contribution in [0.5, 0.6) is 5.75 Å². The lowest BCUT2D eigenvalue weighted by Crippen LogP contribution is -1.77. The number of halogens is 2. The standard InChI is InChI=1S/C9H6BrClOS/c10-9-2-5-1-6(4-11)7(12)3-8(5)13-9/h1-3,12H,4H2. The van der Waals surface area contributed by atoms with Gasteiger partial charge in [0.05, 0.1) is 9.67 Å². The van der Waals surface area contributed by atoms with E-state index >= 15 is 0 Å². The van der Waals surface area contributed by atoms with Crippen LogP contribution >= 0.6 is 38.9 Å². The zero-order valence-electron chi connectivity index (χ0n) is 6.55. The molecule has 1 N–H and O–H groups in total. The smallest absolute Gasteiger partial charge is 0.121 e. The molecule has 0 radical (unpaired) electrons. The predicted octanol–water partition coefficient (Wildman–Crippen LogP) is 4.11. The Labute approximate surface area is 93.1 Å². The first-order valence-electron chi connectivity index (χ1n) is 3.67. The molecule has 0 bridgehead atoms. The van der Waals surface area contributed by atoms with Crippen LogP contribution in [0.15, 0.2) is 22.0 Å². The average Bonchev–Trinajstić information content (AvgIpc) is 2.42. The second-order valence-electron chi connectivity index (χ2n) is 2.70. The molecular formula is C9H6BrClOS. The largest absolute Gasteiger partial charge is 0.508 e. The lowest BCUT2D eigenvalue weighted by Gasteiger charge is -1.99. The highest BCUT2D eigenvalue weighted by Gasteiger charge is 2.05. The van der Waals surface area contributed by atoms with E-state index in [2.05, 4.69) is 15.9 Å². The highest BCUT2D eigenvalue weighted by molar-refractivity contribution is 9.11. The molecule has 68 valence electrons. The van der Waals surface area contributed by atoms with Crippen molar-refractivity contribution in [3.63, 3.8) is 0 Å². The van der Waals surface area contributed by atoms with Gasteiger partial charge in [0.25, 0.3) is 0 Å². The summed E-state index contributed by atoms with van der Waals surface area (Å²) < 4.78 is 2.13. The minimum atomic E-state index is 0.275. The Hall–Kier alpha value is -0.250. The normalized spacial score (nSPS) is 10.9. The number of phenolic OH excluding ortho intramolecular Hbond substituents is 1. The number of benzene rings is 1. The molecule has 0 saturated heterocycles. The van der Waals surface area contributed by atoms with Crippen molar-refractivity contribution in [2.24, 2.45) is 0 Å². The number of rotatable bonds is 1. The summed E-state index contributed by atoms with van der Waals surface area (Å²) in [5.74, 6) is 0.617. The summed E-state index contributed by atoms with van der Waals surface area (Å²) in [6, 6.07) is 5.69. The molecule has 2 rings (SSSR count). The lowest BCUT2D eigenvalue weighted by molar-refractivity contribution is 0.471. The summed E-state index contributed by atoms with van der Waals surface area (Å²) in [7, 11) is 0. The van der Waals surface area contributed by atoms with Crippen LogP contribution < -0.4 is 0 Å². The molecule has 0 unspecified atom stereocenters. The van der Waals surface area contributed by atoms with Gasteiger partial charge in [0, 0.05) is 10.3 Å². The van der Waals surface area contributed by atoms with E-state index in [1.54, 1.807) is 17.4 Å². The van der Waals surface area contributed by atoms with Crippen molar-refractivity contribution in [3.05, 3.63) is 27.5 Å². The molecule has 1 heterocycles. The predicted molar refractivity (Wildman–Crippen MR) is 60.7 cm³/mol. The Bertz CT molecular complexity index is 452. The van der Waals surface area contributed by atoms with E-state index in [1.165, 1.54) is 0 Å². The van der Waals surface area contributed by atoms with Crippen molar-refractivity contribution in [2.45, 2.75) is 5.88 Å². The third kappa shape index (κ3) is 1.68. The quantitative estimate of drug-likeness (QED) is 0.778. The summed E-state index contributed by atoms with van der Waals surface area (Å²) >= 11 is 10.7. The van der Waals surface area contributed by atoms with Gasteiger partial charge in [-0.15, -0.1) is 22.9 Å². The number of phenols is 1. The molecule has 0 atom stereocenters. The van der Waals surface area contributed by atoms with Gasteiger partial charge in [-0.2, -0.15) is 0 Å². The van der Waals surface area contributed by atoms with Crippen LogP contribution in [-0.2, 0) is 5.88 Å². The number of thiophene rings is 1. The fourth-order valence-corrected chi connectivity index (χ4v) is 2.98. The van der Waals surface area contributed by atoms with Gasteiger partial charge in [0.1, 0.15) is 5.75 Å². The molecule has 1 aromatic heterocycles. The van der Waals surface area contributed by atoms with Crippen molar-refractivity contribution in [2.75, 3.05) is 0 Å². The van der Waals surface area contributed by atoms with Gasteiger partial charge in [-0.1, -0.05) is 0 Å². The van der Waals surface area contributed by atoms with Gasteiger partial charge in [-0.3, -0.25) is 0 Å². The first kappa shape index (κ1) is 9.31. The first-order chi connectivity index (χ1) is 6.20. The summed E-state index contributed by atoms with van der Waals surface area (Å²) in [5, 5.41) is 10.6.